The van der Waals surface area contributed by atoms with Crippen LogP contribution < -0.4 is 10.2 Å². The van der Waals surface area contributed by atoms with Crippen LogP contribution in [0, 0.1) is 12.8 Å². The molecular formula is C18H21N5OS. The van der Waals surface area contributed by atoms with E-state index in [9.17, 15) is 4.79 Å². The molecule has 4 rings (SSSR count). The van der Waals surface area contributed by atoms with Crippen molar-refractivity contribution < 1.29 is 4.79 Å². The minimum Gasteiger partial charge on any atom is -0.359 e. The molecule has 0 unspecified atom stereocenters. The highest BCUT2D eigenvalue weighted by Crippen LogP contribution is 2.29. The first-order chi connectivity index (χ1) is 12.1. The van der Waals surface area contributed by atoms with Crippen LogP contribution in [0.1, 0.15) is 18.4 Å². The van der Waals surface area contributed by atoms with Gasteiger partial charge in [0.1, 0.15) is 0 Å². The first kappa shape index (κ1) is 16.1. The maximum Gasteiger partial charge on any atom is 0.224 e. The standard InChI is InChI=1S/C18H21N5OS/c1-12-5-7-13(8-6-12)15-11-23-17(20-15)25-18(21-23)22-9-3-4-14(10-22)16(24)19-2/h5-8,11,14H,3-4,9-10H2,1-2H3,(H,19,24)/t14-/m1/s1. The average Bonchev–Trinajstić information content (AvgIpc) is 3.21. The Balaban J connectivity index is 1.57. The van der Waals surface area contributed by atoms with Crippen molar-refractivity contribution in [2.75, 3.05) is 25.0 Å². The second-order valence-electron chi connectivity index (χ2n) is 6.50. The molecule has 1 aliphatic heterocycles. The van der Waals surface area contributed by atoms with Gasteiger partial charge in [-0.05, 0) is 19.8 Å². The molecule has 1 atom stereocenters. The molecule has 6 nitrogen and oxygen atoms in total. The first-order valence-electron chi connectivity index (χ1n) is 8.54. The van der Waals surface area contributed by atoms with E-state index in [0.29, 0.717) is 0 Å². The summed E-state index contributed by atoms with van der Waals surface area (Å²) in [7, 11) is 1.70. The van der Waals surface area contributed by atoms with E-state index < -0.39 is 0 Å². The smallest absolute Gasteiger partial charge is 0.224 e. The molecular weight excluding hydrogens is 334 g/mol. The summed E-state index contributed by atoms with van der Waals surface area (Å²) < 4.78 is 1.85. The molecule has 0 spiro atoms. The van der Waals surface area contributed by atoms with Crippen LogP contribution in [0.25, 0.3) is 16.2 Å². The van der Waals surface area contributed by atoms with Gasteiger partial charge in [0, 0.05) is 25.7 Å². The first-order valence-corrected chi connectivity index (χ1v) is 9.35. The Hall–Kier alpha value is -2.41. The predicted molar refractivity (Wildman–Crippen MR) is 100 cm³/mol. The molecule has 1 aliphatic rings. The van der Waals surface area contributed by atoms with Crippen molar-refractivity contribution in [2.45, 2.75) is 19.8 Å². The van der Waals surface area contributed by atoms with Crippen molar-refractivity contribution in [3.8, 4) is 11.3 Å². The molecule has 3 heterocycles. The third kappa shape index (κ3) is 3.11. The number of hydrogen-bond donors (Lipinski definition) is 1. The monoisotopic (exact) mass is 355 g/mol. The summed E-state index contributed by atoms with van der Waals surface area (Å²) in [5.41, 5.74) is 3.27. The lowest BCUT2D eigenvalue weighted by atomic mass is 9.98. The van der Waals surface area contributed by atoms with E-state index >= 15 is 0 Å². The van der Waals surface area contributed by atoms with Crippen LogP contribution in [-0.4, -0.2) is 40.6 Å². The molecule has 130 valence electrons. The quantitative estimate of drug-likeness (QED) is 0.785. The molecule has 25 heavy (non-hydrogen) atoms. The van der Waals surface area contributed by atoms with Crippen LogP contribution in [0.3, 0.4) is 0 Å². The lowest BCUT2D eigenvalue weighted by Crippen LogP contribution is -2.42. The maximum absolute atomic E-state index is 11.9. The second-order valence-corrected chi connectivity index (χ2v) is 7.44. The number of anilines is 1. The van der Waals surface area contributed by atoms with Crippen molar-refractivity contribution in [1.82, 2.24) is 19.9 Å². The van der Waals surface area contributed by atoms with E-state index in [0.717, 1.165) is 47.3 Å². The maximum atomic E-state index is 11.9. The van der Waals surface area contributed by atoms with E-state index in [1.807, 2.05) is 10.7 Å². The fraction of sp³-hybridized carbons (Fsp3) is 0.389. The topological polar surface area (TPSA) is 62.5 Å². The Kier molecular flexibility index (Phi) is 4.17. The summed E-state index contributed by atoms with van der Waals surface area (Å²) in [5.74, 6) is 0.158. The second kappa shape index (κ2) is 6.48. The summed E-state index contributed by atoms with van der Waals surface area (Å²) in [6, 6.07) is 8.35. The average molecular weight is 355 g/mol. The van der Waals surface area contributed by atoms with E-state index in [1.54, 1.807) is 18.4 Å². The number of carbonyl (C=O) groups is 1. The number of nitrogens with one attached hydrogen (secondary N) is 1. The van der Waals surface area contributed by atoms with Crippen molar-refractivity contribution in [3.05, 3.63) is 36.0 Å². The third-order valence-corrected chi connectivity index (χ3v) is 5.67. The molecule has 1 N–H and O–H groups in total. The predicted octanol–water partition coefficient (Wildman–Crippen LogP) is 2.73. The molecule has 0 saturated carbocycles. The van der Waals surface area contributed by atoms with E-state index in [4.69, 9.17) is 4.98 Å². The highest BCUT2D eigenvalue weighted by atomic mass is 32.1. The van der Waals surface area contributed by atoms with Gasteiger partial charge in [0.15, 0.2) is 0 Å². The molecule has 0 aliphatic carbocycles. The normalized spacial score (nSPS) is 17.8. The van der Waals surface area contributed by atoms with Gasteiger partial charge in [-0.3, -0.25) is 4.79 Å². The number of aromatic nitrogens is 3. The molecule has 1 aromatic carbocycles. The van der Waals surface area contributed by atoms with Gasteiger partial charge in [0.2, 0.25) is 16.0 Å². The van der Waals surface area contributed by atoms with Crippen LogP contribution in [0.15, 0.2) is 30.5 Å². The molecule has 1 fully saturated rings. The molecule has 0 radical (unpaired) electrons. The van der Waals surface area contributed by atoms with Crippen LogP contribution >= 0.6 is 11.3 Å². The van der Waals surface area contributed by atoms with E-state index in [1.165, 1.54) is 5.56 Å². The van der Waals surface area contributed by atoms with Crippen molar-refractivity contribution in [2.24, 2.45) is 5.92 Å². The lowest BCUT2D eigenvalue weighted by Gasteiger charge is -2.31. The van der Waals surface area contributed by atoms with Gasteiger partial charge < -0.3 is 10.2 Å². The summed E-state index contributed by atoms with van der Waals surface area (Å²) in [6.45, 7) is 3.74. The third-order valence-electron chi connectivity index (χ3n) is 4.69. The number of hydrogen-bond acceptors (Lipinski definition) is 5. The molecule has 2 aromatic heterocycles. The van der Waals surface area contributed by atoms with Crippen molar-refractivity contribution >= 4 is 27.3 Å². The van der Waals surface area contributed by atoms with Gasteiger partial charge in [0.05, 0.1) is 17.8 Å². The van der Waals surface area contributed by atoms with Gasteiger partial charge in [-0.1, -0.05) is 41.2 Å². The highest BCUT2D eigenvalue weighted by molar-refractivity contribution is 7.20. The summed E-state index contributed by atoms with van der Waals surface area (Å²) in [5, 5.41) is 8.38. The number of carbonyl (C=O) groups excluding carboxylic acids is 1. The van der Waals surface area contributed by atoms with Gasteiger partial charge >= 0.3 is 0 Å². The van der Waals surface area contributed by atoms with Crippen molar-refractivity contribution in [1.29, 1.82) is 0 Å². The number of nitrogens with zero attached hydrogens (tertiary/aromatic N) is 4. The Labute approximate surface area is 150 Å². The summed E-state index contributed by atoms with van der Waals surface area (Å²) >= 11 is 1.58. The number of imidazole rings is 1. The number of rotatable bonds is 3. The fourth-order valence-corrected chi connectivity index (χ4v) is 4.17. The molecule has 0 bridgehead atoms. The zero-order chi connectivity index (χ0) is 17.4. The number of amides is 1. The Morgan fingerprint density at radius 2 is 2.12 bits per heavy atom. The summed E-state index contributed by atoms with van der Waals surface area (Å²) in [6.07, 6.45) is 3.92. The van der Waals surface area contributed by atoms with E-state index in [2.05, 4.69) is 46.5 Å². The SMILES string of the molecule is CNC(=O)[C@@H]1CCCN(c2nn3cc(-c4ccc(C)cc4)nc3s2)C1. The zero-order valence-corrected chi connectivity index (χ0v) is 15.2. The van der Waals surface area contributed by atoms with Crippen LogP contribution in [0.2, 0.25) is 0 Å². The molecule has 1 saturated heterocycles. The largest absolute Gasteiger partial charge is 0.359 e. The lowest BCUT2D eigenvalue weighted by molar-refractivity contribution is -0.124. The van der Waals surface area contributed by atoms with Gasteiger partial charge in [-0.25, -0.2) is 9.50 Å². The van der Waals surface area contributed by atoms with Gasteiger partial charge in [0.25, 0.3) is 0 Å². The van der Waals surface area contributed by atoms with Gasteiger partial charge in [-0.2, -0.15) is 0 Å². The van der Waals surface area contributed by atoms with Crippen LogP contribution in [-0.2, 0) is 4.79 Å². The minimum atomic E-state index is 0.0399. The Bertz CT molecular complexity index is 866. The van der Waals surface area contributed by atoms with Crippen LogP contribution in [0.4, 0.5) is 5.13 Å². The molecule has 7 heteroatoms. The minimum absolute atomic E-state index is 0.0399. The Morgan fingerprint density at radius 1 is 1.32 bits per heavy atom. The number of piperidine rings is 1. The van der Waals surface area contributed by atoms with E-state index in [-0.39, 0.29) is 11.8 Å². The number of benzene rings is 1. The number of aryl methyl sites for hydroxylation is 1. The summed E-state index contributed by atoms with van der Waals surface area (Å²) in [4.78, 5) is 19.7. The zero-order valence-electron chi connectivity index (χ0n) is 14.4. The van der Waals surface area contributed by atoms with Crippen LogP contribution in [0.5, 0.6) is 0 Å². The molecule has 1 amide bonds. The Morgan fingerprint density at radius 3 is 2.84 bits per heavy atom. The van der Waals surface area contributed by atoms with Crippen molar-refractivity contribution in [3.63, 3.8) is 0 Å². The number of fused-ring (bicyclic) bond motifs is 1. The highest BCUT2D eigenvalue weighted by Gasteiger charge is 2.27. The fourth-order valence-electron chi connectivity index (χ4n) is 3.25. The molecule has 3 aromatic rings. The van der Waals surface area contributed by atoms with Gasteiger partial charge in [-0.15, -0.1) is 5.10 Å².